The van der Waals surface area contributed by atoms with E-state index in [2.05, 4.69) is 10.3 Å². The Morgan fingerprint density at radius 3 is 2.81 bits per heavy atom. The molecule has 0 spiro atoms. The van der Waals surface area contributed by atoms with Gasteiger partial charge in [-0.2, -0.15) is 0 Å². The van der Waals surface area contributed by atoms with Crippen molar-refractivity contribution in [2.45, 2.75) is 26.3 Å². The average molecular weight is 286 g/mol. The first-order chi connectivity index (χ1) is 10.0. The third-order valence-corrected chi connectivity index (χ3v) is 3.23. The van der Waals surface area contributed by atoms with Gasteiger partial charge in [-0.15, -0.1) is 0 Å². The Morgan fingerprint density at radius 1 is 1.38 bits per heavy atom. The van der Waals surface area contributed by atoms with Crippen molar-refractivity contribution >= 4 is 22.8 Å². The van der Waals surface area contributed by atoms with Crippen LogP contribution in [0.4, 0.5) is 0 Å². The minimum atomic E-state index is -1.05. The number of amides is 1. The average Bonchev–Trinajstić information content (AvgIpc) is 2.85. The number of fused-ring (bicyclic) bond motifs is 1. The molecule has 5 heteroatoms. The molecule has 110 valence electrons. The Labute approximate surface area is 122 Å². The fraction of sp³-hybridized carbons (Fsp3) is 0.250. The van der Waals surface area contributed by atoms with E-state index in [9.17, 15) is 9.59 Å². The predicted molar refractivity (Wildman–Crippen MR) is 81.4 cm³/mol. The summed E-state index contributed by atoms with van der Waals surface area (Å²) in [6.07, 6.45) is 3.73. The first-order valence-electron chi connectivity index (χ1n) is 6.75. The van der Waals surface area contributed by atoms with Crippen molar-refractivity contribution in [1.29, 1.82) is 0 Å². The van der Waals surface area contributed by atoms with Gasteiger partial charge in [-0.3, -0.25) is 4.79 Å². The van der Waals surface area contributed by atoms with E-state index in [1.165, 1.54) is 0 Å². The molecule has 0 fully saturated rings. The first-order valence-corrected chi connectivity index (χ1v) is 6.75. The monoisotopic (exact) mass is 286 g/mol. The van der Waals surface area contributed by atoms with Crippen molar-refractivity contribution in [3.63, 3.8) is 0 Å². The second-order valence-corrected chi connectivity index (χ2v) is 4.94. The highest BCUT2D eigenvalue weighted by Crippen LogP contribution is 2.17. The first kappa shape index (κ1) is 14.8. The van der Waals surface area contributed by atoms with Gasteiger partial charge in [0, 0.05) is 10.9 Å². The summed E-state index contributed by atoms with van der Waals surface area (Å²) in [7, 11) is 0. The van der Waals surface area contributed by atoms with E-state index in [4.69, 9.17) is 5.11 Å². The van der Waals surface area contributed by atoms with Gasteiger partial charge in [0.25, 0.3) is 5.91 Å². The van der Waals surface area contributed by atoms with E-state index in [0.717, 1.165) is 16.5 Å². The molecular formula is C16H18N2O3. The number of rotatable bonds is 5. The molecule has 0 aliphatic carbocycles. The third kappa shape index (κ3) is 3.51. The lowest BCUT2D eigenvalue weighted by atomic mass is 10.2. The van der Waals surface area contributed by atoms with Crippen LogP contribution in [0.1, 0.15) is 29.4 Å². The molecule has 1 unspecified atom stereocenters. The summed E-state index contributed by atoms with van der Waals surface area (Å²) >= 11 is 0. The van der Waals surface area contributed by atoms with Gasteiger partial charge in [0.1, 0.15) is 11.7 Å². The van der Waals surface area contributed by atoms with E-state index in [-0.39, 0.29) is 6.42 Å². The number of allylic oxidation sites excluding steroid dienone is 1. The normalized spacial score (nSPS) is 12.7. The number of carboxylic acid groups (broad SMARTS) is 1. The molecule has 21 heavy (non-hydrogen) atoms. The van der Waals surface area contributed by atoms with Gasteiger partial charge >= 0.3 is 5.97 Å². The number of carbonyl (C=O) groups is 2. The van der Waals surface area contributed by atoms with Gasteiger partial charge in [0.05, 0.1) is 0 Å². The third-order valence-electron chi connectivity index (χ3n) is 3.23. The summed E-state index contributed by atoms with van der Waals surface area (Å²) in [6, 6.07) is 6.62. The SMILES string of the molecule is C/C=C/CC(NC(=O)c1cc2ccc(C)cc2[nH]1)C(=O)O. The van der Waals surface area contributed by atoms with Crippen LogP contribution >= 0.6 is 0 Å². The molecule has 0 aliphatic rings. The maximum atomic E-state index is 12.1. The lowest BCUT2D eigenvalue weighted by molar-refractivity contribution is -0.139. The smallest absolute Gasteiger partial charge is 0.326 e. The highest BCUT2D eigenvalue weighted by Gasteiger charge is 2.20. The summed E-state index contributed by atoms with van der Waals surface area (Å²) in [5.74, 6) is -1.46. The quantitative estimate of drug-likeness (QED) is 0.739. The zero-order valence-electron chi connectivity index (χ0n) is 12.0. The van der Waals surface area contributed by atoms with Crippen LogP contribution in [0, 0.1) is 6.92 Å². The molecule has 1 aromatic heterocycles. The van der Waals surface area contributed by atoms with Crippen molar-refractivity contribution < 1.29 is 14.7 Å². The molecule has 2 rings (SSSR count). The second-order valence-electron chi connectivity index (χ2n) is 4.94. The van der Waals surface area contributed by atoms with E-state index in [0.29, 0.717) is 5.69 Å². The zero-order valence-corrected chi connectivity index (χ0v) is 12.0. The summed E-state index contributed by atoms with van der Waals surface area (Å²) < 4.78 is 0. The fourth-order valence-corrected chi connectivity index (χ4v) is 2.09. The van der Waals surface area contributed by atoms with Crippen molar-refractivity contribution in [3.8, 4) is 0 Å². The van der Waals surface area contributed by atoms with Crippen LogP contribution in [0.3, 0.4) is 0 Å². The van der Waals surface area contributed by atoms with Crippen LogP contribution in [0.15, 0.2) is 36.4 Å². The highest BCUT2D eigenvalue weighted by molar-refractivity contribution is 5.99. The minimum absolute atomic E-state index is 0.261. The summed E-state index contributed by atoms with van der Waals surface area (Å²) in [5.41, 5.74) is 2.32. The van der Waals surface area contributed by atoms with Gasteiger partial charge in [0.2, 0.25) is 0 Å². The van der Waals surface area contributed by atoms with Gasteiger partial charge < -0.3 is 15.4 Å². The molecule has 1 amide bonds. The number of aromatic amines is 1. The van der Waals surface area contributed by atoms with Gasteiger partial charge in [0.15, 0.2) is 0 Å². The van der Waals surface area contributed by atoms with Crippen LogP contribution in [-0.2, 0) is 4.79 Å². The lowest BCUT2D eigenvalue weighted by Crippen LogP contribution is -2.40. The van der Waals surface area contributed by atoms with Gasteiger partial charge in [-0.25, -0.2) is 4.79 Å². The molecule has 2 aromatic rings. The molecule has 5 nitrogen and oxygen atoms in total. The molecule has 3 N–H and O–H groups in total. The van der Waals surface area contributed by atoms with E-state index < -0.39 is 17.9 Å². The van der Waals surface area contributed by atoms with Gasteiger partial charge in [-0.1, -0.05) is 24.3 Å². The van der Waals surface area contributed by atoms with Gasteiger partial charge in [-0.05, 0) is 38.0 Å². The molecule has 1 aromatic carbocycles. The number of H-pyrrole nitrogens is 1. The number of carboxylic acids is 1. The number of aromatic nitrogens is 1. The molecule has 0 radical (unpaired) electrons. The Hall–Kier alpha value is -2.56. The number of hydrogen-bond acceptors (Lipinski definition) is 2. The number of nitrogens with one attached hydrogen (secondary N) is 2. The standard InChI is InChI=1S/C16H18N2O3/c1-3-4-5-12(16(20)21)18-15(19)14-9-11-7-6-10(2)8-13(11)17-14/h3-4,6-9,12,17H,5H2,1-2H3,(H,18,19)(H,20,21)/b4-3+. The molecule has 0 bridgehead atoms. The van der Waals surface area contributed by atoms with Crippen LogP contribution in [0.25, 0.3) is 10.9 Å². The van der Waals surface area contributed by atoms with E-state index in [1.54, 1.807) is 25.1 Å². The maximum absolute atomic E-state index is 12.1. The van der Waals surface area contributed by atoms with Crippen LogP contribution in [-0.4, -0.2) is 28.0 Å². The summed E-state index contributed by atoms with van der Waals surface area (Å²) in [6.45, 7) is 3.78. The Balaban J connectivity index is 2.18. The lowest BCUT2D eigenvalue weighted by Gasteiger charge is -2.11. The van der Waals surface area contributed by atoms with Crippen LogP contribution in [0.2, 0.25) is 0 Å². The van der Waals surface area contributed by atoms with Crippen LogP contribution < -0.4 is 5.32 Å². The fourth-order valence-electron chi connectivity index (χ4n) is 2.09. The van der Waals surface area contributed by atoms with Crippen molar-refractivity contribution in [2.75, 3.05) is 0 Å². The van der Waals surface area contributed by atoms with E-state index >= 15 is 0 Å². The van der Waals surface area contributed by atoms with Crippen molar-refractivity contribution in [2.24, 2.45) is 0 Å². The number of aliphatic carboxylic acids is 1. The number of aryl methyl sites for hydroxylation is 1. The topological polar surface area (TPSA) is 82.2 Å². The number of carbonyl (C=O) groups excluding carboxylic acids is 1. The molecule has 1 heterocycles. The molecule has 0 saturated carbocycles. The van der Waals surface area contributed by atoms with E-state index in [1.807, 2.05) is 25.1 Å². The molecule has 1 atom stereocenters. The molecule has 0 aliphatic heterocycles. The number of benzene rings is 1. The zero-order chi connectivity index (χ0) is 15.4. The predicted octanol–water partition coefficient (Wildman–Crippen LogP) is 2.63. The van der Waals surface area contributed by atoms with Crippen molar-refractivity contribution in [3.05, 3.63) is 47.7 Å². The summed E-state index contributed by atoms with van der Waals surface area (Å²) in [4.78, 5) is 26.3. The second kappa shape index (κ2) is 6.26. The van der Waals surface area contributed by atoms with Crippen LogP contribution in [0.5, 0.6) is 0 Å². The molecular weight excluding hydrogens is 268 g/mol. The Kier molecular flexibility index (Phi) is 4.42. The number of hydrogen-bond donors (Lipinski definition) is 3. The largest absolute Gasteiger partial charge is 0.480 e. The molecule has 0 saturated heterocycles. The Morgan fingerprint density at radius 2 is 2.14 bits per heavy atom. The van der Waals surface area contributed by atoms with Crippen molar-refractivity contribution in [1.82, 2.24) is 10.3 Å². The Bertz CT molecular complexity index is 701. The maximum Gasteiger partial charge on any atom is 0.326 e. The summed E-state index contributed by atoms with van der Waals surface area (Å²) in [5, 5.41) is 12.6. The highest BCUT2D eigenvalue weighted by atomic mass is 16.4. The minimum Gasteiger partial charge on any atom is -0.480 e.